The van der Waals surface area contributed by atoms with E-state index in [1.165, 1.54) is 0 Å². The maximum Gasteiger partial charge on any atom is 0.159 e. The first-order valence-electron chi connectivity index (χ1n) is 10.3. The van der Waals surface area contributed by atoms with Crippen molar-refractivity contribution < 1.29 is 4.74 Å². The highest BCUT2D eigenvalue weighted by molar-refractivity contribution is 5.92. The maximum absolute atomic E-state index is 5.67. The van der Waals surface area contributed by atoms with Crippen LogP contribution in [0.15, 0.2) is 42.9 Å². The fraction of sp³-hybridized carbons (Fsp3) is 0.273. The molecule has 2 N–H and O–H groups in total. The number of hydrogen-bond acceptors (Lipinski definition) is 6. The Bertz CT molecular complexity index is 1350. The second kappa shape index (κ2) is 6.92. The Hall–Kier alpha value is -3.72. The molecule has 3 aliphatic heterocycles. The number of rotatable bonds is 3. The molecule has 3 aromatic heterocycles. The van der Waals surface area contributed by atoms with Crippen molar-refractivity contribution in [1.29, 1.82) is 0 Å². The van der Waals surface area contributed by atoms with Gasteiger partial charge < -0.3 is 19.6 Å². The quantitative estimate of drug-likeness (QED) is 0.471. The molecule has 1 fully saturated rings. The molecule has 9 nitrogen and oxygen atoms in total. The molecule has 0 saturated carbocycles. The molecule has 31 heavy (non-hydrogen) atoms. The van der Waals surface area contributed by atoms with Gasteiger partial charge in [-0.3, -0.25) is 4.68 Å². The van der Waals surface area contributed by atoms with Crippen LogP contribution in [0.25, 0.3) is 45.2 Å². The minimum atomic E-state index is 0.210. The van der Waals surface area contributed by atoms with Gasteiger partial charge in [-0.2, -0.15) is 5.10 Å². The molecular weight excluding hydrogens is 392 g/mol. The van der Waals surface area contributed by atoms with Crippen molar-refractivity contribution in [3.63, 3.8) is 0 Å². The van der Waals surface area contributed by atoms with Crippen molar-refractivity contribution in [2.45, 2.75) is 13.0 Å². The molecule has 3 aromatic rings. The lowest BCUT2D eigenvalue weighted by Gasteiger charge is -2.35. The van der Waals surface area contributed by atoms with Crippen LogP contribution >= 0.6 is 0 Å². The minimum Gasteiger partial charge on any atom is -0.377 e. The van der Waals surface area contributed by atoms with Crippen LogP contribution in [0, 0.1) is 0 Å². The topological polar surface area (TPSA) is 101 Å². The summed E-state index contributed by atoms with van der Waals surface area (Å²) in [5.74, 6) is 1.66. The molecule has 0 amide bonds. The number of aromatic amines is 2. The van der Waals surface area contributed by atoms with E-state index in [2.05, 4.69) is 37.9 Å². The lowest BCUT2D eigenvalue weighted by molar-refractivity contribution is 0.0985. The normalized spacial score (nSPS) is 17.1. The monoisotopic (exact) mass is 414 g/mol. The van der Waals surface area contributed by atoms with Gasteiger partial charge in [0, 0.05) is 43.1 Å². The molecule has 6 rings (SSSR count). The van der Waals surface area contributed by atoms with Gasteiger partial charge in [-0.25, -0.2) is 15.0 Å². The molecule has 0 aromatic carbocycles. The zero-order valence-electron chi connectivity index (χ0n) is 17.3. The van der Waals surface area contributed by atoms with Crippen LogP contribution in [0.4, 0.5) is 5.82 Å². The molecule has 9 heteroatoms. The Kier molecular flexibility index (Phi) is 4.03. The number of nitrogens with zero attached hydrogens (tertiary/aromatic N) is 6. The minimum absolute atomic E-state index is 0.210. The van der Waals surface area contributed by atoms with Crippen LogP contribution in [0.5, 0.6) is 0 Å². The fourth-order valence-corrected chi connectivity index (χ4v) is 4.29. The highest BCUT2D eigenvalue weighted by Gasteiger charge is 2.28. The zero-order valence-corrected chi connectivity index (χ0v) is 17.3. The van der Waals surface area contributed by atoms with E-state index in [9.17, 15) is 0 Å². The van der Waals surface area contributed by atoms with Crippen LogP contribution in [-0.2, 0) is 11.8 Å². The van der Waals surface area contributed by atoms with Gasteiger partial charge >= 0.3 is 0 Å². The molecule has 3 aliphatic rings. The number of fused-ring (bicyclic) bond motifs is 2. The predicted octanol–water partition coefficient (Wildman–Crippen LogP) is 3.08. The maximum atomic E-state index is 5.67. The van der Waals surface area contributed by atoms with Gasteiger partial charge in [-0.1, -0.05) is 0 Å². The molecule has 0 unspecified atom stereocenters. The highest BCUT2D eigenvalue weighted by atomic mass is 16.5. The molecule has 6 heterocycles. The summed E-state index contributed by atoms with van der Waals surface area (Å²) in [7, 11) is 1.92. The third kappa shape index (κ3) is 2.89. The van der Waals surface area contributed by atoms with Gasteiger partial charge in [0.1, 0.15) is 17.2 Å². The zero-order chi connectivity index (χ0) is 20.9. The van der Waals surface area contributed by atoms with Gasteiger partial charge in [0.25, 0.3) is 0 Å². The number of anilines is 1. The van der Waals surface area contributed by atoms with Gasteiger partial charge in [0.2, 0.25) is 0 Å². The number of morpholine rings is 1. The number of aryl methyl sites for hydroxylation is 1. The van der Waals surface area contributed by atoms with Crippen molar-refractivity contribution >= 4 is 16.9 Å². The van der Waals surface area contributed by atoms with E-state index in [4.69, 9.17) is 14.7 Å². The molecular formula is C22H22N8O. The lowest BCUT2D eigenvalue weighted by Crippen LogP contribution is -2.44. The molecule has 1 atom stereocenters. The van der Waals surface area contributed by atoms with E-state index in [0.29, 0.717) is 13.2 Å². The number of ether oxygens (including phenoxy) is 1. The summed E-state index contributed by atoms with van der Waals surface area (Å²) < 4.78 is 7.50. The number of aromatic nitrogens is 7. The van der Waals surface area contributed by atoms with Crippen LogP contribution in [0.3, 0.4) is 0 Å². The summed E-state index contributed by atoms with van der Waals surface area (Å²) in [6, 6.07) is 8.27. The summed E-state index contributed by atoms with van der Waals surface area (Å²) in [5, 5.41) is 5.32. The van der Waals surface area contributed by atoms with Crippen LogP contribution < -0.4 is 4.90 Å². The SMILES string of the molecule is C[C@@H]1COCCN1c1nc(-c2ccnc3[nH]ccc23)[nH]c2cc(-c3ccnn3C)nc1-2. The van der Waals surface area contributed by atoms with Crippen molar-refractivity contribution in [2.24, 2.45) is 7.05 Å². The third-order valence-corrected chi connectivity index (χ3v) is 5.89. The van der Waals surface area contributed by atoms with Gasteiger partial charge in [-0.05, 0) is 31.2 Å². The average molecular weight is 414 g/mol. The Morgan fingerprint density at radius 3 is 2.94 bits per heavy atom. The summed E-state index contributed by atoms with van der Waals surface area (Å²) in [5.41, 5.74) is 5.46. The van der Waals surface area contributed by atoms with Crippen molar-refractivity contribution in [3.05, 3.63) is 42.9 Å². The second-order valence-electron chi connectivity index (χ2n) is 7.87. The van der Waals surface area contributed by atoms with E-state index >= 15 is 0 Å². The van der Waals surface area contributed by atoms with Crippen molar-refractivity contribution in [3.8, 4) is 34.2 Å². The first-order valence-corrected chi connectivity index (χ1v) is 10.3. The number of H-pyrrole nitrogens is 2. The fourth-order valence-electron chi connectivity index (χ4n) is 4.29. The van der Waals surface area contributed by atoms with Gasteiger partial charge in [-0.15, -0.1) is 0 Å². The number of pyridine rings is 1. The highest BCUT2D eigenvalue weighted by Crippen LogP contribution is 2.37. The van der Waals surface area contributed by atoms with Crippen LogP contribution in [0.2, 0.25) is 0 Å². The Balaban J connectivity index is 1.59. The second-order valence-corrected chi connectivity index (χ2v) is 7.87. The summed E-state index contributed by atoms with van der Waals surface area (Å²) in [6.07, 6.45) is 5.48. The number of hydrogen-bond donors (Lipinski definition) is 2. The molecule has 0 bridgehead atoms. The Labute approximate surface area is 178 Å². The predicted molar refractivity (Wildman–Crippen MR) is 118 cm³/mol. The van der Waals surface area contributed by atoms with Crippen LogP contribution in [-0.4, -0.2) is 60.5 Å². The van der Waals surface area contributed by atoms with E-state index in [-0.39, 0.29) is 6.04 Å². The van der Waals surface area contributed by atoms with E-state index in [1.54, 1.807) is 12.4 Å². The smallest absolute Gasteiger partial charge is 0.159 e. The Morgan fingerprint density at radius 2 is 2.10 bits per heavy atom. The van der Waals surface area contributed by atoms with E-state index in [0.717, 1.165) is 57.6 Å². The van der Waals surface area contributed by atoms with Gasteiger partial charge in [0.05, 0.1) is 36.3 Å². The Morgan fingerprint density at radius 1 is 1.16 bits per heavy atom. The molecule has 156 valence electrons. The van der Waals surface area contributed by atoms with Gasteiger partial charge in [0.15, 0.2) is 5.82 Å². The molecule has 0 radical (unpaired) electrons. The molecule has 1 saturated heterocycles. The van der Waals surface area contributed by atoms with Crippen molar-refractivity contribution in [1.82, 2.24) is 34.7 Å². The standard InChI is InChI=1S/C22H22N8O/c1-13-12-31-10-9-30(13)22-19-17(11-16(26-19)18-5-8-25-29(18)2)27-21(28-22)15-4-7-24-20-14(15)3-6-23-20/h3-8,11,13H,9-10,12H2,1-2H3,(H,23,24)(H,27,28)/t13-/m1/s1. The van der Waals surface area contributed by atoms with E-state index in [1.807, 2.05) is 36.1 Å². The van der Waals surface area contributed by atoms with E-state index < -0.39 is 0 Å². The first-order chi connectivity index (χ1) is 15.2. The number of nitrogens with one attached hydrogen (secondary N) is 2. The average Bonchev–Trinajstić information content (AvgIpc) is 3.51. The van der Waals surface area contributed by atoms with Crippen LogP contribution in [0.1, 0.15) is 6.92 Å². The summed E-state index contributed by atoms with van der Waals surface area (Å²) in [6.45, 7) is 4.28. The largest absolute Gasteiger partial charge is 0.377 e. The summed E-state index contributed by atoms with van der Waals surface area (Å²) in [4.78, 5) is 23.4. The first kappa shape index (κ1) is 18.1. The molecule has 0 aliphatic carbocycles. The third-order valence-electron chi connectivity index (χ3n) is 5.89. The lowest BCUT2D eigenvalue weighted by atomic mass is 10.1. The van der Waals surface area contributed by atoms with Crippen molar-refractivity contribution in [2.75, 3.05) is 24.7 Å². The molecule has 0 spiro atoms. The summed E-state index contributed by atoms with van der Waals surface area (Å²) >= 11 is 0.